The van der Waals surface area contributed by atoms with Crippen molar-refractivity contribution in [2.75, 3.05) is 23.4 Å². The zero-order valence-electron chi connectivity index (χ0n) is 15.2. The van der Waals surface area contributed by atoms with Crippen LogP contribution in [0.1, 0.15) is 44.1 Å². The maximum Gasteiger partial charge on any atom is 0.242 e. The summed E-state index contributed by atoms with van der Waals surface area (Å²) in [6.45, 7) is 2.21. The summed E-state index contributed by atoms with van der Waals surface area (Å²) < 4.78 is 24.8. The molecule has 0 bridgehead atoms. The molecule has 3 rings (SSSR count). The van der Waals surface area contributed by atoms with Crippen LogP contribution in [0.3, 0.4) is 0 Å². The van der Waals surface area contributed by atoms with Crippen molar-refractivity contribution in [1.29, 1.82) is 0 Å². The van der Waals surface area contributed by atoms with Gasteiger partial charge in [0.05, 0.1) is 18.1 Å². The van der Waals surface area contributed by atoms with Gasteiger partial charge < -0.3 is 10.2 Å². The fourth-order valence-corrected chi connectivity index (χ4v) is 6.43. The van der Waals surface area contributed by atoms with Gasteiger partial charge in [0.15, 0.2) is 9.84 Å². The molecule has 1 N–H and O–H groups in total. The number of rotatable bonds is 5. The maximum atomic E-state index is 13.0. The van der Waals surface area contributed by atoms with Crippen LogP contribution in [0.2, 0.25) is 0 Å². The van der Waals surface area contributed by atoms with Gasteiger partial charge in [-0.15, -0.1) is 0 Å². The highest BCUT2D eigenvalue weighted by atomic mass is 79.9. The number of carbonyl (C=O) groups is 1. The summed E-state index contributed by atoms with van der Waals surface area (Å²) in [6.07, 6.45) is 5.97. The molecule has 1 saturated carbocycles. The van der Waals surface area contributed by atoms with E-state index in [4.69, 9.17) is 0 Å². The second kappa shape index (κ2) is 8.30. The summed E-state index contributed by atoms with van der Waals surface area (Å²) in [5, 5.41) is 3.22. The summed E-state index contributed by atoms with van der Waals surface area (Å²) in [5.74, 6) is 0.320. The predicted molar refractivity (Wildman–Crippen MR) is 108 cm³/mol. The van der Waals surface area contributed by atoms with Crippen molar-refractivity contribution in [3.05, 3.63) is 28.2 Å². The first-order chi connectivity index (χ1) is 12.4. The SMILES string of the molecule is Cc1ccc(NCC(=O)N(C2CCCCC2)[C@H]2CCS(=O)(=O)C2)c(Br)c1. The van der Waals surface area contributed by atoms with Gasteiger partial charge in [-0.2, -0.15) is 0 Å². The van der Waals surface area contributed by atoms with E-state index in [1.54, 1.807) is 0 Å². The molecule has 1 heterocycles. The van der Waals surface area contributed by atoms with E-state index in [9.17, 15) is 13.2 Å². The number of nitrogens with one attached hydrogen (secondary N) is 1. The van der Waals surface area contributed by atoms with Crippen molar-refractivity contribution >= 4 is 37.4 Å². The smallest absolute Gasteiger partial charge is 0.242 e. The molecule has 0 unspecified atom stereocenters. The number of hydrogen-bond acceptors (Lipinski definition) is 4. The predicted octanol–water partition coefficient (Wildman–Crippen LogP) is 3.52. The van der Waals surface area contributed by atoms with Gasteiger partial charge in [-0.1, -0.05) is 25.3 Å². The highest BCUT2D eigenvalue weighted by Crippen LogP contribution is 2.29. The number of nitrogens with zero attached hydrogens (tertiary/aromatic N) is 1. The minimum absolute atomic E-state index is 0.00600. The highest BCUT2D eigenvalue weighted by molar-refractivity contribution is 9.10. The Morgan fingerprint density at radius 3 is 2.54 bits per heavy atom. The molecule has 5 nitrogen and oxygen atoms in total. The second-order valence-electron chi connectivity index (χ2n) is 7.49. The first kappa shape index (κ1) is 19.7. The van der Waals surface area contributed by atoms with E-state index >= 15 is 0 Å². The monoisotopic (exact) mass is 442 g/mol. The van der Waals surface area contributed by atoms with Crippen LogP contribution < -0.4 is 5.32 Å². The van der Waals surface area contributed by atoms with E-state index in [1.165, 1.54) is 6.42 Å². The lowest BCUT2D eigenvalue weighted by molar-refractivity contribution is -0.134. The molecular formula is C19H27BrN2O3S. The number of hydrogen-bond donors (Lipinski definition) is 1. The van der Waals surface area contributed by atoms with Crippen LogP contribution in [0.5, 0.6) is 0 Å². The number of anilines is 1. The van der Waals surface area contributed by atoms with Crippen molar-refractivity contribution < 1.29 is 13.2 Å². The first-order valence-corrected chi connectivity index (χ1v) is 12.0. The average molecular weight is 443 g/mol. The molecule has 7 heteroatoms. The van der Waals surface area contributed by atoms with Crippen LogP contribution in [-0.2, 0) is 14.6 Å². The summed E-state index contributed by atoms with van der Waals surface area (Å²) in [6, 6.07) is 5.98. The number of amides is 1. The molecule has 1 aliphatic heterocycles. The van der Waals surface area contributed by atoms with E-state index in [2.05, 4.69) is 21.2 Å². The van der Waals surface area contributed by atoms with E-state index in [-0.39, 0.29) is 36.0 Å². The van der Waals surface area contributed by atoms with Gasteiger partial charge in [0.2, 0.25) is 5.91 Å². The Hall–Kier alpha value is -1.08. The van der Waals surface area contributed by atoms with Gasteiger partial charge >= 0.3 is 0 Å². The molecule has 0 radical (unpaired) electrons. The fraction of sp³-hybridized carbons (Fsp3) is 0.632. The third-order valence-electron chi connectivity index (χ3n) is 5.41. The van der Waals surface area contributed by atoms with Gasteiger partial charge in [0.25, 0.3) is 0 Å². The van der Waals surface area contributed by atoms with Crippen molar-refractivity contribution in [3.63, 3.8) is 0 Å². The Bertz CT molecular complexity index is 760. The third-order valence-corrected chi connectivity index (χ3v) is 7.82. The molecule has 2 fully saturated rings. The number of aryl methyl sites for hydroxylation is 1. The standard InChI is InChI=1S/C19H27BrN2O3S/c1-14-7-8-18(17(20)11-14)21-12-19(23)22(15-5-3-2-4-6-15)16-9-10-26(24,25)13-16/h7-8,11,15-16,21H,2-6,9-10,12-13H2,1H3/t16-/m0/s1. The Kier molecular flexibility index (Phi) is 6.28. The van der Waals surface area contributed by atoms with E-state index in [1.807, 2.05) is 30.0 Å². The Morgan fingerprint density at radius 1 is 1.19 bits per heavy atom. The number of carbonyl (C=O) groups excluding carboxylic acids is 1. The van der Waals surface area contributed by atoms with E-state index < -0.39 is 9.84 Å². The number of sulfone groups is 1. The highest BCUT2D eigenvalue weighted by Gasteiger charge is 2.38. The lowest BCUT2D eigenvalue weighted by Gasteiger charge is -2.38. The molecule has 1 aromatic rings. The normalized spacial score (nSPS) is 22.9. The Labute approximate surface area is 164 Å². The van der Waals surface area contributed by atoms with Gasteiger partial charge in [0.1, 0.15) is 0 Å². The van der Waals surface area contributed by atoms with Crippen molar-refractivity contribution in [1.82, 2.24) is 4.90 Å². The lowest BCUT2D eigenvalue weighted by atomic mass is 9.93. The molecule has 1 aromatic carbocycles. The number of benzene rings is 1. The average Bonchev–Trinajstić information content (AvgIpc) is 2.95. The Balaban J connectivity index is 1.71. The molecule has 1 atom stereocenters. The minimum atomic E-state index is -3.01. The quantitative estimate of drug-likeness (QED) is 0.757. The topological polar surface area (TPSA) is 66.5 Å². The summed E-state index contributed by atoms with van der Waals surface area (Å²) in [7, 11) is -3.01. The summed E-state index contributed by atoms with van der Waals surface area (Å²) >= 11 is 3.53. The molecule has 1 aliphatic carbocycles. The maximum absolute atomic E-state index is 13.0. The van der Waals surface area contributed by atoms with Gasteiger partial charge in [-0.25, -0.2) is 8.42 Å². The van der Waals surface area contributed by atoms with E-state index in [0.717, 1.165) is 41.4 Å². The van der Waals surface area contributed by atoms with Crippen LogP contribution in [0.15, 0.2) is 22.7 Å². The largest absolute Gasteiger partial charge is 0.375 e. The molecule has 0 aromatic heterocycles. The number of halogens is 1. The molecule has 1 saturated heterocycles. The Morgan fingerprint density at radius 2 is 1.92 bits per heavy atom. The summed E-state index contributed by atoms with van der Waals surface area (Å²) in [4.78, 5) is 14.9. The molecule has 144 valence electrons. The zero-order valence-corrected chi connectivity index (χ0v) is 17.6. The lowest BCUT2D eigenvalue weighted by Crippen LogP contribution is -2.50. The molecule has 1 amide bonds. The van der Waals surface area contributed by atoms with Crippen LogP contribution >= 0.6 is 15.9 Å². The molecular weight excluding hydrogens is 416 g/mol. The first-order valence-electron chi connectivity index (χ1n) is 9.37. The van der Waals surface area contributed by atoms with Crippen molar-refractivity contribution in [2.45, 2.75) is 57.5 Å². The minimum Gasteiger partial charge on any atom is -0.375 e. The van der Waals surface area contributed by atoms with Crippen LogP contribution in [0.25, 0.3) is 0 Å². The fourth-order valence-electron chi connectivity index (χ4n) is 4.09. The van der Waals surface area contributed by atoms with Gasteiger partial charge in [0, 0.05) is 22.2 Å². The van der Waals surface area contributed by atoms with Gasteiger partial charge in [-0.3, -0.25) is 4.79 Å². The third kappa shape index (κ3) is 4.80. The molecule has 2 aliphatic rings. The van der Waals surface area contributed by atoms with Crippen molar-refractivity contribution in [2.24, 2.45) is 0 Å². The van der Waals surface area contributed by atoms with Gasteiger partial charge in [-0.05, 0) is 59.8 Å². The summed E-state index contributed by atoms with van der Waals surface area (Å²) in [5.41, 5.74) is 2.03. The zero-order chi connectivity index (χ0) is 18.7. The van der Waals surface area contributed by atoms with Crippen LogP contribution in [0.4, 0.5) is 5.69 Å². The van der Waals surface area contributed by atoms with Crippen LogP contribution in [-0.4, -0.2) is 49.4 Å². The van der Waals surface area contributed by atoms with Crippen LogP contribution in [0, 0.1) is 6.92 Å². The van der Waals surface area contributed by atoms with Crippen molar-refractivity contribution in [3.8, 4) is 0 Å². The molecule has 26 heavy (non-hydrogen) atoms. The van der Waals surface area contributed by atoms with E-state index in [0.29, 0.717) is 6.42 Å². The second-order valence-corrected chi connectivity index (χ2v) is 10.6. The molecule has 0 spiro atoms.